The molecule has 1 N–H and O–H groups in total. The molecule has 1 amide bonds. The molecule has 0 bridgehead atoms. The van der Waals surface area contributed by atoms with Crippen molar-refractivity contribution in [3.63, 3.8) is 0 Å². The number of carbonyl (C=O) groups is 2. The normalized spacial score (nSPS) is 13.5. The molecule has 22 heavy (non-hydrogen) atoms. The van der Waals surface area contributed by atoms with Crippen molar-refractivity contribution in [2.24, 2.45) is 11.8 Å². The molecule has 0 aliphatic rings. The summed E-state index contributed by atoms with van der Waals surface area (Å²) in [7, 11) is 0. The quantitative estimate of drug-likeness (QED) is 0.746. The Labute approximate surface area is 133 Å². The third-order valence-corrected chi connectivity index (χ3v) is 3.59. The van der Waals surface area contributed by atoms with E-state index in [1.165, 1.54) is 0 Å². The van der Waals surface area contributed by atoms with Crippen molar-refractivity contribution in [3.05, 3.63) is 48.0 Å². The summed E-state index contributed by atoms with van der Waals surface area (Å²) in [6.07, 6.45) is 1.30. The molecule has 0 saturated heterocycles. The number of hydrogen-bond acceptors (Lipinski definition) is 2. The first-order valence-corrected chi connectivity index (χ1v) is 7.85. The topological polar surface area (TPSA) is 46.2 Å². The Balaban J connectivity index is 2.69. The third kappa shape index (κ3) is 5.84. The second kappa shape index (κ2) is 8.52. The van der Waals surface area contributed by atoms with E-state index in [1.807, 2.05) is 51.1 Å². The first-order chi connectivity index (χ1) is 10.3. The summed E-state index contributed by atoms with van der Waals surface area (Å²) in [4.78, 5) is 24.6. The smallest absolute Gasteiger partial charge is 0.223 e. The van der Waals surface area contributed by atoms with Gasteiger partial charge in [-0.3, -0.25) is 9.59 Å². The van der Waals surface area contributed by atoms with Gasteiger partial charge in [0.05, 0.1) is 6.04 Å². The van der Waals surface area contributed by atoms with Crippen LogP contribution in [0.4, 0.5) is 0 Å². The van der Waals surface area contributed by atoms with Crippen molar-refractivity contribution < 1.29 is 9.59 Å². The van der Waals surface area contributed by atoms with E-state index < -0.39 is 6.04 Å². The average Bonchev–Trinajstić information content (AvgIpc) is 2.46. The Bertz CT molecular complexity index is 519. The van der Waals surface area contributed by atoms with Crippen LogP contribution in [0.25, 0.3) is 0 Å². The summed E-state index contributed by atoms with van der Waals surface area (Å²) in [6, 6.07) is 9.43. The highest BCUT2D eigenvalue weighted by atomic mass is 16.2. The zero-order chi connectivity index (χ0) is 16.7. The standard InChI is InChI=1S/C19H27NO2/c1-13(2)11-17(18(21)14(3)4)20-19(22)15(5)12-16-9-7-6-8-10-16/h6-10,13,15,17H,3,11-12H2,1-2,4-5H3,(H,20,22)/t15-,17-/m0/s1. The molecule has 0 radical (unpaired) electrons. The summed E-state index contributed by atoms with van der Waals surface area (Å²) in [5.41, 5.74) is 1.61. The SMILES string of the molecule is C=C(C)C(=O)[C@H](CC(C)C)NC(=O)[C@@H](C)Cc1ccccc1. The largest absolute Gasteiger partial charge is 0.346 e. The Morgan fingerprint density at radius 2 is 1.73 bits per heavy atom. The van der Waals surface area contributed by atoms with Crippen molar-refractivity contribution in [2.75, 3.05) is 0 Å². The van der Waals surface area contributed by atoms with E-state index in [-0.39, 0.29) is 17.6 Å². The van der Waals surface area contributed by atoms with Crippen LogP contribution in [0, 0.1) is 11.8 Å². The van der Waals surface area contributed by atoms with E-state index in [4.69, 9.17) is 0 Å². The number of nitrogens with one attached hydrogen (secondary N) is 1. The molecule has 0 aliphatic heterocycles. The van der Waals surface area contributed by atoms with Crippen molar-refractivity contribution in [1.82, 2.24) is 5.32 Å². The second-order valence-electron chi connectivity index (χ2n) is 6.43. The summed E-state index contributed by atoms with van der Waals surface area (Å²) >= 11 is 0. The monoisotopic (exact) mass is 301 g/mol. The van der Waals surface area contributed by atoms with Gasteiger partial charge in [0.1, 0.15) is 0 Å². The molecule has 0 fully saturated rings. The van der Waals surface area contributed by atoms with Gasteiger partial charge in [0, 0.05) is 5.92 Å². The van der Waals surface area contributed by atoms with E-state index >= 15 is 0 Å². The summed E-state index contributed by atoms with van der Waals surface area (Å²) < 4.78 is 0. The predicted octanol–water partition coefficient (Wildman–Crippen LogP) is 3.54. The molecular weight excluding hydrogens is 274 g/mol. The van der Waals surface area contributed by atoms with E-state index in [2.05, 4.69) is 11.9 Å². The number of ketones is 1. The molecule has 0 aromatic heterocycles. The van der Waals surface area contributed by atoms with Gasteiger partial charge >= 0.3 is 0 Å². The van der Waals surface area contributed by atoms with Crippen molar-refractivity contribution in [2.45, 2.75) is 46.6 Å². The van der Waals surface area contributed by atoms with E-state index in [0.29, 0.717) is 24.3 Å². The Morgan fingerprint density at radius 1 is 1.14 bits per heavy atom. The fourth-order valence-corrected chi connectivity index (χ4v) is 2.37. The number of hydrogen-bond donors (Lipinski definition) is 1. The van der Waals surface area contributed by atoms with Gasteiger partial charge in [-0.2, -0.15) is 0 Å². The lowest BCUT2D eigenvalue weighted by Gasteiger charge is -2.22. The number of rotatable bonds is 8. The number of Topliss-reactive ketones (excluding diaryl/α,β-unsaturated/α-hetero) is 1. The first kappa shape index (κ1) is 18.1. The second-order valence-corrected chi connectivity index (χ2v) is 6.43. The van der Waals surface area contributed by atoms with Crippen LogP contribution in [0.5, 0.6) is 0 Å². The molecule has 0 aliphatic carbocycles. The predicted molar refractivity (Wildman–Crippen MR) is 90.5 cm³/mol. The number of carbonyl (C=O) groups excluding carboxylic acids is 2. The molecular formula is C19H27NO2. The molecule has 3 heteroatoms. The highest BCUT2D eigenvalue weighted by molar-refractivity contribution is 6.00. The number of benzene rings is 1. The van der Waals surface area contributed by atoms with Gasteiger partial charge in [0.15, 0.2) is 5.78 Å². The van der Waals surface area contributed by atoms with Gasteiger partial charge in [-0.1, -0.05) is 57.7 Å². The lowest BCUT2D eigenvalue weighted by atomic mass is 9.95. The fraction of sp³-hybridized carbons (Fsp3) is 0.474. The molecule has 120 valence electrons. The first-order valence-electron chi connectivity index (χ1n) is 7.85. The maximum absolute atomic E-state index is 12.4. The minimum Gasteiger partial charge on any atom is -0.346 e. The van der Waals surface area contributed by atoms with Crippen molar-refractivity contribution >= 4 is 11.7 Å². The lowest BCUT2D eigenvalue weighted by molar-refractivity contribution is -0.128. The molecule has 2 atom stereocenters. The zero-order valence-electron chi connectivity index (χ0n) is 14.1. The van der Waals surface area contributed by atoms with E-state index in [1.54, 1.807) is 6.92 Å². The molecule has 0 unspecified atom stereocenters. The van der Waals surface area contributed by atoms with Crippen LogP contribution in [-0.2, 0) is 16.0 Å². The highest BCUT2D eigenvalue weighted by Crippen LogP contribution is 2.12. The van der Waals surface area contributed by atoms with Crippen molar-refractivity contribution in [1.29, 1.82) is 0 Å². The zero-order valence-corrected chi connectivity index (χ0v) is 14.1. The molecule has 1 rings (SSSR count). The lowest BCUT2D eigenvalue weighted by Crippen LogP contribution is -2.44. The van der Waals surface area contributed by atoms with Crippen molar-refractivity contribution in [3.8, 4) is 0 Å². The highest BCUT2D eigenvalue weighted by Gasteiger charge is 2.24. The van der Waals surface area contributed by atoms with E-state index in [0.717, 1.165) is 5.56 Å². The maximum Gasteiger partial charge on any atom is 0.223 e. The van der Waals surface area contributed by atoms with Crippen LogP contribution in [0.1, 0.15) is 39.7 Å². The van der Waals surface area contributed by atoms with Gasteiger partial charge in [-0.15, -0.1) is 0 Å². The summed E-state index contributed by atoms with van der Waals surface area (Å²) in [5, 5.41) is 2.90. The summed E-state index contributed by atoms with van der Waals surface area (Å²) in [5.74, 6) is 0.00563. The van der Waals surface area contributed by atoms with Gasteiger partial charge in [-0.25, -0.2) is 0 Å². The molecule has 0 heterocycles. The van der Waals surface area contributed by atoms with Gasteiger partial charge in [-0.05, 0) is 36.8 Å². The molecule has 3 nitrogen and oxygen atoms in total. The number of amides is 1. The Morgan fingerprint density at radius 3 is 2.23 bits per heavy atom. The van der Waals surface area contributed by atoms with Crippen LogP contribution >= 0.6 is 0 Å². The van der Waals surface area contributed by atoms with Crippen LogP contribution in [0.2, 0.25) is 0 Å². The molecule has 1 aromatic rings. The molecule has 1 aromatic carbocycles. The minimum absolute atomic E-state index is 0.0750. The maximum atomic E-state index is 12.4. The van der Waals surface area contributed by atoms with Gasteiger partial charge in [0.2, 0.25) is 5.91 Å². The summed E-state index contributed by atoms with van der Waals surface area (Å²) in [6.45, 7) is 11.4. The minimum atomic E-state index is -0.469. The Kier molecular flexibility index (Phi) is 7.03. The molecule has 0 saturated carbocycles. The van der Waals surface area contributed by atoms with Crippen LogP contribution in [0.15, 0.2) is 42.5 Å². The molecule has 0 spiro atoms. The van der Waals surface area contributed by atoms with Crippen LogP contribution in [0.3, 0.4) is 0 Å². The third-order valence-electron chi connectivity index (χ3n) is 3.59. The fourth-order valence-electron chi connectivity index (χ4n) is 2.37. The average molecular weight is 301 g/mol. The van der Waals surface area contributed by atoms with Crippen LogP contribution in [-0.4, -0.2) is 17.7 Å². The van der Waals surface area contributed by atoms with Crippen LogP contribution < -0.4 is 5.32 Å². The van der Waals surface area contributed by atoms with Gasteiger partial charge < -0.3 is 5.32 Å². The van der Waals surface area contributed by atoms with E-state index in [9.17, 15) is 9.59 Å². The van der Waals surface area contributed by atoms with Gasteiger partial charge in [0.25, 0.3) is 0 Å². The Hall–Kier alpha value is -1.90.